The molecular formula is C15H30N2O. The van der Waals surface area contributed by atoms with Crippen molar-refractivity contribution in [1.29, 1.82) is 0 Å². The third-order valence-corrected chi connectivity index (χ3v) is 4.49. The molecule has 0 spiro atoms. The van der Waals surface area contributed by atoms with Crippen LogP contribution in [0.2, 0.25) is 0 Å². The van der Waals surface area contributed by atoms with Crippen LogP contribution in [0.3, 0.4) is 0 Å². The molecule has 3 heteroatoms. The van der Waals surface area contributed by atoms with E-state index in [4.69, 9.17) is 4.74 Å². The summed E-state index contributed by atoms with van der Waals surface area (Å²) < 4.78 is 5.94. The van der Waals surface area contributed by atoms with Crippen molar-refractivity contribution in [2.45, 2.75) is 58.1 Å². The van der Waals surface area contributed by atoms with Gasteiger partial charge in [0.1, 0.15) is 0 Å². The highest BCUT2D eigenvalue weighted by molar-refractivity contribution is 4.83. The van der Waals surface area contributed by atoms with Crippen LogP contribution in [0.25, 0.3) is 0 Å². The first kappa shape index (κ1) is 14.3. The van der Waals surface area contributed by atoms with E-state index in [9.17, 15) is 0 Å². The van der Waals surface area contributed by atoms with E-state index < -0.39 is 0 Å². The van der Waals surface area contributed by atoms with Crippen LogP contribution in [-0.4, -0.2) is 61.3 Å². The van der Waals surface area contributed by atoms with Gasteiger partial charge >= 0.3 is 0 Å². The maximum atomic E-state index is 5.94. The molecule has 18 heavy (non-hydrogen) atoms. The molecule has 2 heterocycles. The average molecular weight is 254 g/mol. The average Bonchev–Trinajstić information content (AvgIpc) is 2.45. The van der Waals surface area contributed by atoms with Gasteiger partial charge in [-0.25, -0.2) is 0 Å². The molecule has 1 atom stereocenters. The molecule has 2 fully saturated rings. The van der Waals surface area contributed by atoms with Gasteiger partial charge in [0.05, 0.1) is 6.10 Å². The van der Waals surface area contributed by atoms with Gasteiger partial charge in [0, 0.05) is 19.2 Å². The molecule has 0 radical (unpaired) electrons. The van der Waals surface area contributed by atoms with Gasteiger partial charge in [-0.1, -0.05) is 13.8 Å². The second-order valence-electron chi connectivity index (χ2n) is 5.80. The van der Waals surface area contributed by atoms with Crippen LogP contribution < -0.4 is 0 Å². The Bertz CT molecular complexity index is 227. The van der Waals surface area contributed by atoms with Crippen molar-refractivity contribution in [1.82, 2.24) is 9.80 Å². The zero-order valence-corrected chi connectivity index (χ0v) is 12.2. The van der Waals surface area contributed by atoms with Crippen molar-refractivity contribution in [2.24, 2.45) is 0 Å². The monoisotopic (exact) mass is 254 g/mol. The SMILES string of the molecule is CCCO[C@H]1CCCN(C2CCN(CC)CC2)C1. The Morgan fingerprint density at radius 2 is 1.83 bits per heavy atom. The zero-order chi connectivity index (χ0) is 12.8. The summed E-state index contributed by atoms with van der Waals surface area (Å²) in [4.78, 5) is 5.28. The van der Waals surface area contributed by atoms with E-state index in [0.717, 1.165) is 19.1 Å². The van der Waals surface area contributed by atoms with E-state index in [1.165, 1.54) is 58.4 Å². The molecule has 0 N–H and O–H groups in total. The highest BCUT2D eigenvalue weighted by Gasteiger charge is 2.28. The van der Waals surface area contributed by atoms with Gasteiger partial charge in [-0.05, 0) is 58.3 Å². The molecule has 2 aliphatic heterocycles. The summed E-state index contributed by atoms with van der Waals surface area (Å²) in [5, 5.41) is 0. The molecule has 0 amide bonds. The molecule has 2 rings (SSSR count). The van der Waals surface area contributed by atoms with Crippen molar-refractivity contribution in [3.63, 3.8) is 0 Å². The number of piperidine rings is 2. The molecule has 0 unspecified atom stereocenters. The van der Waals surface area contributed by atoms with Crippen molar-refractivity contribution >= 4 is 0 Å². The van der Waals surface area contributed by atoms with Gasteiger partial charge in [-0.3, -0.25) is 4.90 Å². The summed E-state index contributed by atoms with van der Waals surface area (Å²) in [5.74, 6) is 0. The lowest BCUT2D eigenvalue weighted by Gasteiger charge is -2.42. The first-order valence-corrected chi connectivity index (χ1v) is 7.91. The predicted molar refractivity (Wildman–Crippen MR) is 76.0 cm³/mol. The molecular weight excluding hydrogens is 224 g/mol. The number of hydrogen-bond donors (Lipinski definition) is 0. The first-order chi connectivity index (χ1) is 8.83. The lowest BCUT2D eigenvalue weighted by Crippen LogP contribution is -2.50. The molecule has 0 aromatic rings. The van der Waals surface area contributed by atoms with Crippen molar-refractivity contribution in [2.75, 3.05) is 39.3 Å². The second kappa shape index (κ2) is 7.46. The summed E-state index contributed by atoms with van der Waals surface area (Å²) in [6, 6.07) is 0.820. The number of rotatable bonds is 5. The zero-order valence-electron chi connectivity index (χ0n) is 12.2. The Hall–Kier alpha value is -0.120. The summed E-state index contributed by atoms with van der Waals surface area (Å²) in [6.45, 7) is 11.7. The van der Waals surface area contributed by atoms with E-state index in [-0.39, 0.29) is 0 Å². The molecule has 3 nitrogen and oxygen atoms in total. The minimum absolute atomic E-state index is 0.503. The summed E-state index contributed by atoms with van der Waals surface area (Å²) in [6.07, 6.45) is 6.95. The third-order valence-electron chi connectivity index (χ3n) is 4.49. The maximum absolute atomic E-state index is 5.94. The standard InChI is InChI=1S/C15H30N2O/c1-3-12-18-15-6-5-9-17(13-15)14-7-10-16(4-2)11-8-14/h14-15H,3-13H2,1-2H3/t15-/m0/s1. The van der Waals surface area contributed by atoms with E-state index in [1.807, 2.05) is 0 Å². The second-order valence-corrected chi connectivity index (χ2v) is 5.80. The lowest BCUT2D eigenvalue weighted by molar-refractivity contribution is -0.0211. The predicted octanol–water partition coefficient (Wildman–Crippen LogP) is 2.36. The Labute approximate surface area is 112 Å². The number of hydrogen-bond acceptors (Lipinski definition) is 3. The fraction of sp³-hybridized carbons (Fsp3) is 1.00. The Balaban J connectivity index is 1.75. The molecule has 0 aromatic heterocycles. The molecule has 0 aromatic carbocycles. The molecule has 0 aliphatic carbocycles. The number of ether oxygens (including phenoxy) is 1. The van der Waals surface area contributed by atoms with Crippen LogP contribution in [0.4, 0.5) is 0 Å². The topological polar surface area (TPSA) is 15.7 Å². The van der Waals surface area contributed by atoms with Crippen LogP contribution >= 0.6 is 0 Å². The Morgan fingerprint density at radius 3 is 2.50 bits per heavy atom. The van der Waals surface area contributed by atoms with Crippen molar-refractivity contribution < 1.29 is 4.74 Å². The van der Waals surface area contributed by atoms with E-state index in [0.29, 0.717) is 6.10 Å². The molecule has 2 saturated heterocycles. The van der Waals surface area contributed by atoms with Crippen LogP contribution in [0.1, 0.15) is 46.0 Å². The highest BCUT2D eigenvalue weighted by Crippen LogP contribution is 2.22. The van der Waals surface area contributed by atoms with Crippen LogP contribution in [0.5, 0.6) is 0 Å². The minimum atomic E-state index is 0.503. The normalized spacial score (nSPS) is 28.7. The Morgan fingerprint density at radius 1 is 1.06 bits per heavy atom. The van der Waals surface area contributed by atoms with Crippen molar-refractivity contribution in [3.8, 4) is 0 Å². The highest BCUT2D eigenvalue weighted by atomic mass is 16.5. The van der Waals surface area contributed by atoms with E-state index in [1.54, 1.807) is 0 Å². The lowest BCUT2D eigenvalue weighted by atomic mass is 9.99. The van der Waals surface area contributed by atoms with E-state index in [2.05, 4.69) is 23.6 Å². The minimum Gasteiger partial charge on any atom is -0.377 e. The molecule has 0 saturated carbocycles. The molecule has 2 aliphatic rings. The van der Waals surface area contributed by atoms with Gasteiger partial charge < -0.3 is 9.64 Å². The molecule has 0 bridgehead atoms. The first-order valence-electron chi connectivity index (χ1n) is 7.91. The summed E-state index contributed by atoms with van der Waals surface area (Å²) in [7, 11) is 0. The Kier molecular flexibility index (Phi) is 5.93. The largest absolute Gasteiger partial charge is 0.377 e. The van der Waals surface area contributed by atoms with Gasteiger partial charge in [0.25, 0.3) is 0 Å². The molecule has 106 valence electrons. The van der Waals surface area contributed by atoms with Crippen LogP contribution in [0, 0.1) is 0 Å². The van der Waals surface area contributed by atoms with Crippen LogP contribution in [0.15, 0.2) is 0 Å². The number of likely N-dealkylation sites (tertiary alicyclic amines) is 2. The summed E-state index contributed by atoms with van der Waals surface area (Å²) in [5.41, 5.74) is 0. The third kappa shape index (κ3) is 3.94. The van der Waals surface area contributed by atoms with Gasteiger partial charge in [0.2, 0.25) is 0 Å². The quantitative estimate of drug-likeness (QED) is 0.749. The fourth-order valence-electron chi connectivity index (χ4n) is 3.32. The van der Waals surface area contributed by atoms with E-state index >= 15 is 0 Å². The smallest absolute Gasteiger partial charge is 0.0702 e. The van der Waals surface area contributed by atoms with Gasteiger partial charge in [-0.15, -0.1) is 0 Å². The van der Waals surface area contributed by atoms with Crippen molar-refractivity contribution in [3.05, 3.63) is 0 Å². The summed E-state index contributed by atoms with van der Waals surface area (Å²) >= 11 is 0. The number of nitrogens with zero attached hydrogens (tertiary/aromatic N) is 2. The van der Waals surface area contributed by atoms with Crippen LogP contribution in [-0.2, 0) is 4.74 Å². The van der Waals surface area contributed by atoms with Gasteiger partial charge in [-0.2, -0.15) is 0 Å². The fourth-order valence-corrected chi connectivity index (χ4v) is 3.32. The maximum Gasteiger partial charge on any atom is 0.0702 e. The van der Waals surface area contributed by atoms with Gasteiger partial charge in [0.15, 0.2) is 0 Å².